The first-order valence-corrected chi connectivity index (χ1v) is 17.1. The molecule has 3 aromatic heterocycles. The van der Waals surface area contributed by atoms with E-state index in [0.29, 0.717) is 0 Å². The van der Waals surface area contributed by atoms with Gasteiger partial charge >= 0.3 is 0 Å². The van der Waals surface area contributed by atoms with Crippen LogP contribution in [-0.2, 0) is 6.42 Å². The predicted molar refractivity (Wildman–Crippen MR) is 205 cm³/mol. The van der Waals surface area contributed by atoms with Crippen molar-refractivity contribution >= 4 is 71.6 Å². The molecular formula is C46H30N2O. The van der Waals surface area contributed by atoms with E-state index in [-0.39, 0.29) is 0 Å². The van der Waals surface area contributed by atoms with E-state index in [1.165, 1.54) is 76.6 Å². The normalized spacial score (nSPS) is 13.1. The molecule has 0 atom stereocenters. The van der Waals surface area contributed by atoms with Crippen molar-refractivity contribution in [2.24, 2.45) is 0 Å². The van der Waals surface area contributed by atoms with Crippen LogP contribution < -0.4 is 0 Å². The van der Waals surface area contributed by atoms with Gasteiger partial charge in [0.25, 0.3) is 0 Å². The van der Waals surface area contributed by atoms with Gasteiger partial charge in [-0.15, -0.1) is 0 Å². The minimum absolute atomic E-state index is 0.918. The Labute approximate surface area is 282 Å². The molecule has 0 saturated heterocycles. The van der Waals surface area contributed by atoms with E-state index >= 15 is 0 Å². The fourth-order valence-electron chi connectivity index (χ4n) is 8.34. The average Bonchev–Trinajstić information content (AvgIpc) is 3.81. The third-order valence-corrected chi connectivity index (χ3v) is 10.6. The summed E-state index contributed by atoms with van der Waals surface area (Å²) in [5, 5.41) is 7.41. The van der Waals surface area contributed by atoms with Crippen LogP contribution in [0.15, 0.2) is 156 Å². The fourth-order valence-corrected chi connectivity index (χ4v) is 8.34. The summed E-state index contributed by atoms with van der Waals surface area (Å²) < 4.78 is 11.4. The molecule has 3 heterocycles. The van der Waals surface area contributed by atoms with Gasteiger partial charge in [-0.3, -0.25) is 0 Å². The summed E-state index contributed by atoms with van der Waals surface area (Å²) in [5.41, 5.74) is 14.0. The number of furan rings is 1. The molecule has 230 valence electrons. The van der Waals surface area contributed by atoms with Crippen LogP contribution in [0.4, 0.5) is 0 Å². The second-order valence-corrected chi connectivity index (χ2v) is 13.2. The van der Waals surface area contributed by atoms with Gasteiger partial charge in [0.15, 0.2) is 0 Å². The van der Waals surface area contributed by atoms with Crippen molar-refractivity contribution in [3.8, 4) is 22.5 Å². The molecule has 1 aliphatic carbocycles. The Kier molecular flexibility index (Phi) is 5.50. The van der Waals surface area contributed by atoms with Crippen molar-refractivity contribution in [2.45, 2.75) is 12.8 Å². The van der Waals surface area contributed by atoms with Gasteiger partial charge < -0.3 is 13.6 Å². The van der Waals surface area contributed by atoms with E-state index in [9.17, 15) is 0 Å². The van der Waals surface area contributed by atoms with E-state index < -0.39 is 0 Å². The number of rotatable bonds is 3. The molecule has 3 heteroatoms. The van der Waals surface area contributed by atoms with Crippen LogP contribution in [0.5, 0.6) is 0 Å². The molecular weight excluding hydrogens is 597 g/mol. The Morgan fingerprint density at radius 2 is 1.06 bits per heavy atom. The quantitative estimate of drug-likeness (QED) is 0.191. The Balaban J connectivity index is 1.15. The minimum Gasteiger partial charge on any atom is -0.456 e. The number of benzene rings is 7. The number of para-hydroxylation sites is 2. The van der Waals surface area contributed by atoms with Gasteiger partial charge in [0, 0.05) is 49.8 Å². The van der Waals surface area contributed by atoms with Crippen LogP contribution >= 0.6 is 0 Å². The lowest BCUT2D eigenvalue weighted by Crippen LogP contribution is -1.95. The Hall–Kier alpha value is -6.32. The average molecular weight is 627 g/mol. The highest BCUT2D eigenvalue weighted by Gasteiger charge is 2.21. The van der Waals surface area contributed by atoms with E-state index in [4.69, 9.17) is 4.42 Å². The lowest BCUT2D eigenvalue weighted by molar-refractivity contribution is 0.668. The molecule has 0 unspecified atom stereocenters. The van der Waals surface area contributed by atoms with Crippen molar-refractivity contribution in [3.05, 3.63) is 163 Å². The maximum Gasteiger partial charge on any atom is 0.137 e. The summed E-state index contributed by atoms with van der Waals surface area (Å²) in [6.45, 7) is 0. The highest BCUT2D eigenvalue weighted by molar-refractivity contribution is 6.29. The first kappa shape index (κ1) is 26.7. The second kappa shape index (κ2) is 10.1. The number of aromatic nitrogens is 2. The summed E-state index contributed by atoms with van der Waals surface area (Å²) in [5.74, 6) is 0. The number of hydrogen-bond acceptors (Lipinski definition) is 1. The number of allylic oxidation sites excluding steroid dienone is 1. The van der Waals surface area contributed by atoms with Crippen LogP contribution in [0.2, 0.25) is 0 Å². The van der Waals surface area contributed by atoms with Gasteiger partial charge in [-0.25, -0.2) is 0 Å². The summed E-state index contributed by atoms with van der Waals surface area (Å²) in [6.07, 6.45) is 6.66. The Morgan fingerprint density at radius 3 is 1.80 bits per heavy atom. The summed E-state index contributed by atoms with van der Waals surface area (Å²) >= 11 is 0. The third-order valence-electron chi connectivity index (χ3n) is 10.6. The van der Waals surface area contributed by atoms with Gasteiger partial charge in [0.2, 0.25) is 0 Å². The monoisotopic (exact) mass is 626 g/mol. The van der Waals surface area contributed by atoms with E-state index in [2.05, 4.69) is 167 Å². The smallest absolute Gasteiger partial charge is 0.137 e. The standard InChI is InChI=1S/C46H30N2O/c1-2-10-29(11-3-1)30-18-20-33(21-19-30)47-39-16-8-6-14-36(39)45-41(47)24-25-42-46(45)37-15-7-9-17-40(37)48(42)34-22-23-35-38-26-31-12-4-5-13-32(31)27-43(38)49-44(35)28-34/h1-3,5-11,13-28H,4,12H2. The molecule has 11 rings (SSSR count). The van der Waals surface area contributed by atoms with Gasteiger partial charge in [0.05, 0.1) is 22.1 Å². The lowest BCUT2D eigenvalue weighted by atomic mass is 9.95. The van der Waals surface area contributed by atoms with Gasteiger partial charge in [0.1, 0.15) is 11.2 Å². The maximum absolute atomic E-state index is 6.55. The van der Waals surface area contributed by atoms with Gasteiger partial charge in [-0.05, 0) is 95.8 Å². The lowest BCUT2D eigenvalue weighted by Gasteiger charge is -2.10. The van der Waals surface area contributed by atoms with Gasteiger partial charge in [-0.1, -0.05) is 91.0 Å². The van der Waals surface area contributed by atoms with E-state index in [0.717, 1.165) is 35.4 Å². The highest BCUT2D eigenvalue weighted by atomic mass is 16.3. The number of fused-ring (bicyclic) bond motifs is 11. The van der Waals surface area contributed by atoms with Crippen molar-refractivity contribution in [1.29, 1.82) is 0 Å². The SMILES string of the molecule is C1=Cc2cc3oc4cc(-n5c6ccccc6c6c7c8ccccc8n(-c8ccc(-c9ccccc9)cc8)c7ccc65)ccc4c3cc2CC1. The van der Waals surface area contributed by atoms with Crippen LogP contribution in [-0.4, -0.2) is 9.13 Å². The molecule has 0 amide bonds. The van der Waals surface area contributed by atoms with Crippen LogP contribution in [0, 0.1) is 0 Å². The number of aryl methyl sites for hydroxylation is 1. The van der Waals surface area contributed by atoms with E-state index in [1.54, 1.807) is 0 Å². The number of hydrogen-bond donors (Lipinski definition) is 0. The zero-order chi connectivity index (χ0) is 32.1. The van der Waals surface area contributed by atoms with Crippen molar-refractivity contribution in [2.75, 3.05) is 0 Å². The number of nitrogens with zero attached hydrogens (tertiary/aromatic N) is 2. The largest absolute Gasteiger partial charge is 0.456 e. The summed E-state index contributed by atoms with van der Waals surface area (Å²) in [4.78, 5) is 0. The van der Waals surface area contributed by atoms with Gasteiger partial charge in [-0.2, -0.15) is 0 Å². The van der Waals surface area contributed by atoms with Crippen LogP contribution in [0.1, 0.15) is 17.5 Å². The highest BCUT2D eigenvalue weighted by Crippen LogP contribution is 2.43. The fraction of sp³-hybridized carbons (Fsp3) is 0.0435. The van der Waals surface area contributed by atoms with Crippen LogP contribution in [0.3, 0.4) is 0 Å². The summed E-state index contributed by atoms with van der Waals surface area (Å²) in [6, 6.07) is 53.0. The molecule has 0 saturated carbocycles. The van der Waals surface area contributed by atoms with Crippen LogP contribution in [0.25, 0.3) is 94.1 Å². The molecule has 0 bridgehead atoms. The molecule has 0 aliphatic heterocycles. The third kappa shape index (κ3) is 3.84. The maximum atomic E-state index is 6.55. The molecule has 7 aromatic carbocycles. The molecule has 0 fully saturated rings. The second-order valence-electron chi connectivity index (χ2n) is 13.2. The molecule has 0 spiro atoms. The zero-order valence-electron chi connectivity index (χ0n) is 26.7. The Morgan fingerprint density at radius 1 is 0.449 bits per heavy atom. The Bertz CT molecular complexity index is 2970. The molecule has 49 heavy (non-hydrogen) atoms. The molecule has 0 radical (unpaired) electrons. The topological polar surface area (TPSA) is 23.0 Å². The summed E-state index contributed by atoms with van der Waals surface area (Å²) in [7, 11) is 0. The first-order valence-electron chi connectivity index (χ1n) is 17.1. The van der Waals surface area contributed by atoms with Crippen molar-refractivity contribution < 1.29 is 4.42 Å². The van der Waals surface area contributed by atoms with Crippen molar-refractivity contribution in [3.63, 3.8) is 0 Å². The molecule has 10 aromatic rings. The van der Waals surface area contributed by atoms with E-state index in [1.807, 2.05) is 0 Å². The predicted octanol–water partition coefficient (Wildman–Crippen LogP) is 12.4. The molecule has 1 aliphatic rings. The van der Waals surface area contributed by atoms with Crippen molar-refractivity contribution in [1.82, 2.24) is 9.13 Å². The first-order chi connectivity index (χ1) is 24.3. The zero-order valence-corrected chi connectivity index (χ0v) is 26.7. The molecule has 0 N–H and O–H groups in total. The minimum atomic E-state index is 0.918. The molecule has 3 nitrogen and oxygen atoms in total.